The smallest absolute Gasteiger partial charge is 0.422 e. The first-order valence-electron chi connectivity index (χ1n) is 5.65. The molecule has 0 amide bonds. The summed E-state index contributed by atoms with van der Waals surface area (Å²) in [5, 5.41) is 4.87. The van der Waals surface area contributed by atoms with Gasteiger partial charge >= 0.3 is 6.18 Å². The van der Waals surface area contributed by atoms with Crippen LogP contribution in [0.1, 0.15) is 6.92 Å². The molecule has 1 aromatic carbocycles. The Morgan fingerprint density at radius 3 is 2.14 bits per heavy atom. The van der Waals surface area contributed by atoms with Gasteiger partial charge in [0.05, 0.1) is 0 Å². The summed E-state index contributed by atoms with van der Waals surface area (Å²) < 4.78 is 93.2. The van der Waals surface area contributed by atoms with E-state index in [0.717, 1.165) is 12.1 Å². The SMILES string of the molecule is CC(F)(F)COc1ccc(OCC(F)(F)F)cc1S(N)(=O)=O. The van der Waals surface area contributed by atoms with E-state index >= 15 is 0 Å². The largest absolute Gasteiger partial charge is 0.486 e. The van der Waals surface area contributed by atoms with Gasteiger partial charge in [0.1, 0.15) is 16.4 Å². The number of halogens is 5. The number of hydrogen-bond donors (Lipinski definition) is 1. The molecule has 11 heteroatoms. The molecule has 0 aliphatic carbocycles. The lowest BCUT2D eigenvalue weighted by atomic mass is 10.3. The molecular formula is C11H12F5NO4S. The van der Waals surface area contributed by atoms with Crippen molar-refractivity contribution < 1.29 is 39.8 Å². The zero-order chi connectivity index (χ0) is 17.2. The number of ether oxygens (including phenoxy) is 2. The van der Waals surface area contributed by atoms with E-state index in [2.05, 4.69) is 9.47 Å². The Morgan fingerprint density at radius 2 is 1.68 bits per heavy atom. The van der Waals surface area contributed by atoms with Gasteiger partial charge in [0.2, 0.25) is 10.0 Å². The molecule has 0 aliphatic rings. The van der Waals surface area contributed by atoms with Crippen LogP contribution in [0, 0.1) is 0 Å². The van der Waals surface area contributed by atoms with Gasteiger partial charge in [0.15, 0.2) is 13.2 Å². The van der Waals surface area contributed by atoms with Gasteiger partial charge in [-0.1, -0.05) is 0 Å². The quantitative estimate of drug-likeness (QED) is 0.800. The Balaban J connectivity index is 3.04. The van der Waals surface area contributed by atoms with Gasteiger partial charge in [-0.15, -0.1) is 0 Å². The molecule has 126 valence electrons. The van der Waals surface area contributed by atoms with Gasteiger partial charge in [-0.05, 0) is 12.1 Å². The summed E-state index contributed by atoms with van der Waals surface area (Å²) in [6.45, 7) is -2.23. The minimum absolute atomic E-state index is 0.447. The molecule has 2 N–H and O–H groups in total. The first kappa shape index (κ1) is 18.4. The monoisotopic (exact) mass is 349 g/mol. The highest BCUT2D eigenvalue weighted by Crippen LogP contribution is 2.29. The van der Waals surface area contributed by atoms with Crippen LogP contribution in [0.4, 0.5) is 22.0 Å². The number of rotatable bonds is 6. The highest BCUT2D eigenvalue weighted by atomic mass is 32.2. The van der Waals surface area contributed by atoms with Gasteiger partial charge in [-0.25, -0.2) is 22.3 Å². The lowest BCUT2D eigenvalue weighted by Crippen LogP contribution is -2.23. The van der Waals surface area contributed by atoms with E-state index < -0.39 is 51.7 Å². The molecule has 5 nitrogen and oxygen atoms in total. The van der Waals surface area contributed by atoms with Crippen LogP contribution in [0.2, 0.25) is 0 Å². The molecule has 0 saturated carbocycles. The summed E-state index contributed by atoms with van der Waals surface area (Å²) >= 11 is 0. The molecular weight excluding hydrogens is 337 g/mol. The molecule has 0 heterocycles. The zero-order valence-electron chi connectivity index (χ0n) is 11.2. The van der Waals surface area contributed by atoms with Crippen molar-refractivity contribution in [2.75, 3.05) is 13.2 Å². The molecule has 0 bridgehead atoms. The standard InChI is InChI=1S/C11H12F5NO4S/c1-10(12,13)5-21-8-3-2-7(20-6-11(14,15)16)4-9(8)22(17,18)19/h2-4H,5-6H2,1H3,(H2,17,18,19). The molecule has 0 unspecified atom stereocenters. The van der Waals surface area contributed by atoms with E-state index in [1.54, 1.807) is 0 Å². The Bertz CT molecular complexity index is 624. The maximum Gasteiger partial charge on any atom is 0.422 e. The third kappa shape index (κ3) is 6.43. The van der Waals surface area contributed by atoms with E-state index in [-0.39, 0.29) is 0 Å². The van der Waals surface area contributed by atoms with Crippen molar-refractivity contribution in [3.8, 4) is 11.5 Å². The average molecular weight is 349 g/mol. The Kier molecular flexibility index (Phi) is 5.23. The fourth-order valence-electron chi connectivity index (χ4n) is 1.29. The Morgan fingerprint density at radius 1 is 1.09 bits per heavy atom. The van der Waals surface area contributed by atoms with Crippen LogP contribution in [-0.2, 0) is 10.0 Å². The van der Waals surface area contributed by atoms with Crippen LogP contribution in [0.5, 0.6) is 11.5 Å². The Hall–Kier alpha value is -1.62. The second-order valence-electron chi connectivity index (χ2n) is 4.42. The highest BCUT2D eigenvalue weighted by Gasteiger charge is 2.29. The van der Waals surface area contributed by atoms with E-state index in [4.69, 9.17) is 5.14 Å². The lowest BCUT2D eigenvalue weighted by Gasteiger charge is -2.15. The molecule has 0 atom stereocenters. The normalized spacial score (nSPS) is 13.0. The van der Waals surface area contributed by atoms with E-state index in [1.807, 2.05) is 0 Å². The Labute approximate surface area is 122 Å². The number of alkyl halides is 5. The zero-order valence-corrected chi connectivity index (χ0v) is 12.0. The third-order valence-electron chi connectivity index (χ3n) is 2.11. The van der Waals surface area contributed by atoms with Crippen molar-refractivity contribution in [1.29, 1.82) is 0 Å². The molecule has 0 radical (unpaired) electrons. The number of benzene rings is 1. The molecule has 0 spiro atoms. The minimum atomic E-state index is -4.62. The third-order valence-corrected chi connectivity index (χ3v) is 3.04. The topological polar surface area (TPSA) is 78.6 Å². The maximum absolute atomic E-state index is 12.7. The molecule has 0 aliphatic heterocycles. The van der Waals surface area contributed by atoms with Crippen LogP contribution < -0.4 is 14.6 Å². The number of nitrogens with two attached hydrogens (primary N) is 1. The summed E-state index contributed by atoms with van der Waals surface area (Å²) in [7, 11) is -4.41. The van der Waals surface area contributed by atoms with Crippen LogP contribution >= 0.6 is 0 Å². The predicted octanol–water partition coefficient (Wildman–Crippen LogP) is 2.31. The second-order valence-corrected chi connectivity index (χ2v) is 5.95. The van der Waals surface area contributed by atoms with Crippen molar-refractivity contribution in [2.45, 2.75) is 23.9 Å². The van der Waals surface area contributed by atoms with Crippen LogP contribution in [0.3, 0.4) is 0 Å². The van der Waals surface area contributed by atoms with Crippen molar-refractivity contribution >= 4 is 10.0 Å². The first-order chi connectivity index (χ1) is 9.78. The van der Waals surface area contributed by atoms with Crippen LogP contribution in [0.15, 0.2) is 23.1 Å². The van der Waals surface area contributed by atoms with E-state index in [9.17, 15) is 30.4 Å². The van der Waals surface area contributed by atoms with Crippen molar-refractivity contribution in [2.24, 2.45) is 5.14 Å². The molecule has 22 heavy (non-hydrogen) atoms. The summed E-state index contributed by atoms with van der Waals surface area (Å²) in [4.78, 5) is -0.753. The fourth-order valence-corrected chi connectivity index (χ4v) is 1.98. The molecule has 0 aromatic heterocycles. The minimum Gasteiger partial charge on any atom is -0.486 e. The molecule has 1 rings (SSSR count). The van der Waals surface area contributed by atoms with Gasteiger partial charge < -0.3 is 9.47 Å². The number of sulfonamides is 1. The van der Waals surface area contributed by atoms with Gasteiger partial charge in [0.25, 0.3) is 5.92 Å². The average Bonchev–Trinajstić information content (AvgIpc) is 2.31. The second kappa shape index (κ2) is 6.24. The molecule has 1 aromatic rings. The first-order valence-corrected chi connectivity index (χ1v) is 7.20. The van der Waals surface area contributed by atoms with Crippen molar-refractivity contribution in [3.63, 3.8) is 0 Å². The number of hydrogen-bond acceptors (Lipinski definition) is 4. The molecule has 0 saturated heterocycles. The van der Waals surface area contributed by atoms with Crippen molar-refractivity contribution in [1.82, 2.24) is 0 Å². The van der Waals surface area contributed by atoms with Crippen LogP contribution in [0.25, 0.3) is 0 Å². The van der Waals surface area contributed by atoms with Gasteiger partial charge in [-0.3, -0.25) is 0 Å². The summed E-state index contributed by atoms with van der Waals surface area (Å²) in [6.07, 6.45) is -4.62. The summed E-state index contributed by atoms with van der Waals surface area (Å²) in [5.41, 5.74) is 0. The van der Waals surface area contributed by atoms with Crippen molar-refractivity contribution in [3.05, 3.63) is 18.2 Å². The van der Waals surface area contributed by atoms with E-state index in [1.165, 1.54) is 0 Å². The highest BCUT2D eigenvalue weighted by molar-refractivity contribution is 7.89. The van der Waals surface area contributed by atoms with E-state index in [0.29, 0.717) is 13.0 Å². The van der Waals surface area contributed by atoms with Crippen LogP contribution in [-0.4, -0.2) is 33.7 Å². The predicted molar refractivity (Wildman–Crippen MR) is 65.5 cm³/mol. The van der Waals surface area contributed by atoms with Gasteiger partial charge in [0, 0.05) is 13.0 Å². The fraction of sp³-hybridized carbons (Fsp3) is 0.455. The molecule has 0 fully saturated rings. The number of primary sulfonamides is 1. The maximum atomic E-state index is 12.7. The van der Waals surface area contributed by atoms with Gasteiger partial charge in [-0.2, -0.15) is 13.2 Å². The lowest BCUT2D eigenvalue weighted by molar-refractivity contribution is -0.153. The summed E-state index contributed by atoms with van der Waals surface area (Å²) in [5.74, 6) is -4.19. The summed E-state index contributed by atoms with van der Waals surface area (Å²) in [6, 6.07) is 2.50.